The third-order valence-electron chi connectivity index (χ3n) is 2.64. The number of rotatable bonds is 3. The number of aliphatic hydroxyl groups is 1. The topological polar surface area (TPSA) is 20.2 Å². The average Bonchev–Trinajstić information content (AvgIpc) is 2.94. The highest BCUT2D eigenvalue weighted by Gasteiger charge is 2.30. The van der Waals surface area contributed by atoms with E-state index in [2.05, 4.69) is 0 Å². The minimum absolute atomic E-state index is 0.322. The van der Waals surface area contributed by atoms with Crippen LogP contribution in [0.2, 0.25) is 5.02 Å². The van der Waals surface area contributed by atoms with Crippen LogP contribution in [0.3, 0.4) is 0 Å². The number of hydrogen-bond acceptors (Lipinski definition) is 1. The molecule has 1 aromatic rings. The first kappa shape index (κ1) is 9.94. The maximum absolute atomic E-state index is 13.3. The molecule has 14 heavy (non-hydrogen) atoms. The van der Waals surface area contributed by atoms with E-state index in [1.54, 1.807) is 12.1 Å². The minimum atomic E-state index is -0.440. The van der Waals surface area contributed by atoms with Crippen LogP contribution in [0.1, 0.15) is 18.4 Å². The summed E-state index contributed by atoms with van der Waals surface area (Å²) in [6.45, 7) is 0. The molecular formula is C11H12ClFO. The summed E-state index contributed by atoms with van der Waals surface area (Å²) in [6, 6.07) is 4.60. The summed E-state index contributed by atoms with van der Waals surface area (Å²) in [6.07, 6.45) is 1.99. The lowest BCUT2D eigenvalue weighted by molar-refractivity contribution is 0.150. The maximum atomic E-state index is 13.3. The van der Waals surface area contributed by atoms with E-state index in [0.29, 0.717) is 22.9 Å². The summed E-state index contributed by atoms with van der Waals surface area (Å²) in [7, 11) is 0. The highest BCUT2D eigenvalue weighted by atomic mass is 35.5. The van der Waals surface area contributed by atoms with E-state index >= 15 is 0 Å². The largest absolute Gasteiger partial charge is 0.392 e. The number of benzene rings is 1. The van der Waals surface area contributed by atoms with Crippen LogP contribution < -0.4 is 0 Å². The number of halogens is 2. The summed E-state index contributed by atoms with van der Waals surface area (Å²) in [5, 5.41) is 10.1. The minimum Gasteiger partial charge on any atom is -0.392 e. The van der Waals surface area contributed by atoms with E-state index in [1.807, 2.05) is 0 Å². The van der Waals surface area contributed by atoms with Gasteiger partial charge in [-0.1, -0.05) is 17.7 Å². The smallest absolute Gasteiger partial charge is 0.127 e. The Morgan fingerprint density at radius 2 is 2.21 bits per heavy atom. The van der Waals surface area contributed by atoms with Crippen LogP contribution >= 0.6 is 11.6 Å². The molecule has 1 unspecified atom stereocenters. The SMILES string of the molecule is OC(Cc1c(F)cccc1Cl)C1CC1. The predicted octanol–water partition coefficient (Wildman–Crippen LogP) is 2.79. The molecule has 0 bridgehead atoms. The van der Waals surface area contributed by atoms with Crippen molar-refractivity contribution in [1.82, 2.24) is 0 Å². The van der Waals surface area contributed by atoms with Crippen molar-refractivity contribution >= 4 is 11.6 Å². The molecule has 3 heteroatoms. The fourth-order valence-electron chi connectivity index (χ4n) is 1.58. The van der Waals surface area contributed by atoms with Gasteiger partial charge < -0.3 is 5.11 Å². The first-order valence-corrected chi connectivity index (χ1v) is 5.17. The fraction of sp³-hybridized carbons (Fsp3) is 0.455. The molecule has 1 aliphatic carbocycles. The van der Waals surface area contributed by atoms with Crippen molar-refractivity contribution < 1.29 is 9.50 Å². The Bertz CT molecular complexity index is 316. The van der Waals surface area contributed by atoms with E-state index < -0.39 is 6.10 Å². The van der Waals surface area contributed by atoms with Gasteiger partial charge in [0.25, 0.3) is 0 Å². The van der Waals surface area contributed by atoms with Crippen LogP contribution in [0.5, 0.6) is 0 Å². The lowest BCUT2D eigenvalue weighted by Crippen LogP contribution is -2.14. The number of hydrogen-bond donors (Lipinski definition) is 1. The first-order valence-electron chi connectivity index (χ1n) is 4.79. The third-order valence-corrected chi connectivity index (χ3v) is 3.00. The molecular weight excluding hydrogens is 203 g/mol. The summed E-state index contributed by atoms with van der Waals surface area (Å²) >= 11 is 5.85. The van der Waals surface area contributed by atoms with Gasteiger partial charge in [-0.25, -0.2) is 4.39 Å². The van der Waals surface area contributed by atoms with Gasteiger partial charge in [-0.15, -0.1) is 0 Å². The Labute approximate surface area is 87.5 Å². The quantitative estimate of drug-likeness (QED) is 0.821. The predicted molar refractivity (Wildman–Crippen MR) is 53.8 cm³/mol. The molecule has 0 amide bonds. The second-order valence-electron chi connectivity index (χ2n) is 3.81. The molecule has 1 nitrogen and oxygen atoms in total. The maximum Gasteiger partial charge on any atom is 0.127 e. The molecule has 1 atom stereocenters. The molecule has 0 aliphatic heterocycles. The highest BCUT2D eigenvalue weighted by Crippen LogP contribution is 2.35. The summed E-state index contributed by atoms with van der Waals surface area (Å²) < 4.78 is 13.3. The lowest BCUT2D eigenvalue weighted by Gasteiger charge is -2.11. The van der Waals surface area contributed by atoms with E-state index in [1.165, 1.54) is 6.07 Å². The van der Waals surface area contributed by atoms with Gasteiger partial charge >= 0.3 is 0 Å². The molecule has 1 saturated carbocycles. The zero-order valence-electron chi connectivity index (χ0n) is 7.71. The van der Waals surface area contributed by atoms with Crippen LogP contribution in [0.25, 0.3) is 0 Å². The molecule has 0 spiro atoms. The fourth-order valence-corrected chi connectivity index (χ4v) is 1.82. The molecule has 0 aromatic heterocycles. The van der Waals surface area contributed by atoms with Crippen LogP contribution in [0.4, 0.5) is 4.39 Å². The summed E-state index contributed by atoms with van der Waals surface area (Å²) in [4.78, 5) is 0. The van der Waals surface area contributed by atoms with Gasteiger partial charge in [0.1, 0.15) is 5.82 Å². The van der Waals surface area contributed by atoms with Crippen molar-refractivity contribution in [2.45, 2.75) is 25.4 Å². The van der Waals surface area contributed by atoms with Gasteiger partial charge in [-0.3, -0.25) is 0 Å². The molecule has 0 heterocycles. The van der Waals surface area contributed by atoms with Gasteiger partial charge in [0.2, 0.25) is 0 Å². The summed E-state index contributed by atoms with van der Waals surface area (Å²) in [5.74, 6) is 0.0304. The Kier molecular flexibility index (Phi) is 2.75. The van der Waals surface area contributed by atoms with Crippen LogP contribution in [-0.2, 0) is 6.42 Å². The van der Waals surface area contributed by atoms with Crippen LogP contribution in [0, 0.1) is 11.7 Å². The van der Waals surface area contributed by atoms with Crippen molar-refractivity contribution in [1.29, 1.82) is 0 Å². The van der Waals surface area contributed by atoms with Gasteiger partial charge in [0, 0.05) is 17.0 Å². The Morgan fingerprint density at radius 1 is 1.50 bits per heavy atom. The van der Waals surface area contributed by atoms with E-state index in [9.17, 15) is 9.50 Å². The van der Waals surface area contributed by atoms with E-state index in [0.717, 1.165) is 12.8 Å². The molecule has 0 radical (unpaired) electrons. The molecule has 2 rings (SSSR count). The Hall–Kier alpha value is -0.600. The van der Waals surface area contributed by atoms with Crippen molar-refractivity contribution in [3.05, 3.63) is 34.6 Å². The molecule has 76 valence electrons. The molecule has 1 aliphatic rings. The van der Waals surface area contributed by atoms with Crippen molar-refractivity contribution in [2.24, 2.45) is 5.92 Å². The second-order valence-corrected chi connectivity index (χ2v) is 4.22. The molecule has 1 aromatic carbocycles. The van der Waals surface area contributed by atoms with Crippen LogP contribution in [0.15, 0.2) is 18.2 Å². The van der Waals surface area contributed by atoms with Crippen molar-refractivity contribution in [3.8, 4) is 0 Å². The normalized spacial score (nSPS) is 18.2. The standard InChI is InChI=1S/C11H12ClFO/c12-9-2-1-3-10(13)8(9)6-11(14)7-4-5-7/h1-3,7,11,14H,4-6H2. The lowest BCUT2D eigenvalue weighted by atomic mass is 10.0. The Balaban J connectivity index is 2.14. The third kappa shape index (κ3) is 2.07. The van der Waals surface area contributed by atoms with Gasteiger partial charge in [0.15, 0.2) is 0 Å². The van der Waals surface area contributed by atoms with Crippen molar-refractivity contribution in [2.75, 3.05) is 0 Å². The monoisotopic (exact) mass is 214 g/mol. The second kappa shape index (κ2) is 3.87. The van der Waals surface area contributed by atoms with E-state index in [4.69, 9.17) is 11.6 Å². The molecule has 1 fully saturated rings. The highest BCUT2D eigenvalue weighted by molar-refractivity contribution is 6.31. The van der Waals surface area contributed by atoms with E-state index in [-0.39, 0.29) is 5.82 Å². The van der Waals surface area contributed by atoms with Crippen LogP contribution in [-0.4, -0.2) is 11.2 Å². The van der Waals surface area contributed by atoms with Gasteiger partial charge in [-0.05, 0) is 30.9 Å². The van der Waals surface area contributed by atoms with Gasteiger partial charge in [0.05, 0.1) is 6.10 Å². The Morgan fingerprint density at radius 3 is 2.79 bits per heavy atom. The average molecular weight is 215 g/mol. The first-order chi connectivity index (χ1) is 6.68. The van der Waals surface area contributed by atoms with Gasteiger partial charge in [-0.2, -0.15) is 0 Å². The molecule has 1 N–H and O–H groups in total. The zero-order chi connectivity index (χ0) is 10.1. The zero-order valence-corrected chi connectivity index (χ0v) is 8.47. The summed E-state index contributed by atoms with van der Waals surface area (Å²) in [5.41, 5.74) is 0.438. The van der Waals surface area contributed by atoms with Crippen molar-refractivity contribution in [3.63, 3.8) is 0 Å². The molecule has 0 saturated heterocycles. The number of aliphatic hydroxyl groups excluding tert-OH is 1.